The van der Waals surface area contributed by atoms with E-state index >= 15 is 0 Å². The number of ether oxygens (including phenoxy) is 2. The molecule has 7 rings (SSSR count). The lowest BCUT2D eigenvalue weighted by molar-refractivity contribution is -0.159. The smallest absolute Gasteiger partial charge is 0.471 e. The van der Waals surface area contributed by atoms with Gasteiger partial charge in [-0.15, -0.1) is 0 Å². The number of halogens is 4. The third kappa shape index (κ3) is 6.77. The van der Waals surface area contributed by atoms with Gasteiger partial charge in [0.15, 0.2) is 5.65 Å². The summed E-state index contributed by atoms with van der Waals surface area (Å²) in [5, 5.41) is 4.17. The maximum atomic E-state index is 13.0. The zero-order valence-electron chi connectivity index (χ0n) is 24.0. The quantitative estimate of drug-likeness (QED) is 0.208. The first-order valence-corrected chi connectivity index (χ1v) is 15.0. The number of hydrogen-bond acceptors (Lipinski definition) is 10. The van der Waals surface area contributed by atoms with Gasteiger partial charge in [-0.3, -0.25) is 4.90 Å². The molecule has 0 amide bonds. The van der Waals surface area contributed by atoms with Crippen molar-refractivity contribution in [3.63, 3.8) is 0 Å². The fourth-order valence-corrected chi connectivity index (χ4v) is 5.58. The molecule has 5 aromatic rings. The minimum atomic E-state index is -4.73. The lowest BCUT2D eigenvalue weighted by Crippen LogP contribution is -2.39. The summed E-state index contributed by atoms with van der Waals surface area (Å²) in [7, 11) is 0. The average Bonchev–Trinajstić information content (AvgIpc) is 3.63. The van der Waals surface area contributed by atoms with Crippen LogP contribution in [0.5, 0.6) is 5.88 Å². The number of benzene rings is 1. The van der Waals surface area contributed by atoms with Crippen molar-refractivity contribution in [2.24, 2.45) is 0 Å². The molecule has 2 fully saturated rings. The number of pyridine rings is 1. The van der Waals surface area contributed by atoms with Crippen molar-refractivity contribution >= 4 is 22.8 Å². The molecule has 1 aromatic carbocycles. The molecule has 0 aliphatic carbocycles. The molecule has 0 N–H and O–H groups in total. The molecule has 15 heteroatoms. The molecule has 6 heterocycles. The lowest BCUT2D eigenvalue weighted by Gasteiger charge is -2.32. The Bertz CT molecular complexity index is 1780. The SMILES string of the molecule is FC(F)(F)c1nc(-c2cnc3c(c2)nc(CN2CCC(Oc4ccnc(Cc5ccc(Cl)cc5)n4)CC2)n3CC2CCO2)no1. The summed E-state index contributed by atoms with van der Waals surface area (Å²) < 4.78 is 57.3. The monoisotopic (exact) mass is 640 g/mol. The van der Waals surface area contributed by atoms with Gasteiger partial charge in [-0.25, -0.2) is 15.0 Å². The van der Waals surface area contributed by atoms with E-state index in [9.17, 15) is 13.2 Å². The van der Waals surface area contributed by atoms with Crippen LogP contribution in [-0.2, 0) is 30.4 Å². The Labute approximate surface area is 260 Å². The van der Waals surface area contributed by atoms with Crippen LogP contribution < -0.4 is 4.74 Å². The topological polar surface area (TPSA) is 117 Å². The largest absolute Gasteiger partial charge is 0.474 e. The highest BCUT2D eigenvalue weighted by Gasteiger charge is 2.38. The summed E-state index contributed by atoms with van der Waals surface area (Å²) in [6, 6.07) is 11.0. The number of aromatic nitrogens is 7. The van der Waals surface area contributed by atoms with Crippen LogP contribution in [0.15, 0.2) is 53.3 Å². The maximum Gasteiger partial charge on any atom is 0.471 e. The molecule has 0 spiro atoms. The second kappa shape index (κ2) is 12.3. The van der Waals surface area contributed by atoms with E-state index in [1.807, 2.05) is 28.8 Å². The van der Waals surface area contributed by atoms with Crippen LogP contribution in [-0.4, -0.2) is 71.4 Å². The third-order valence-corrected chi connectivity index (χ3v) is 8.16. The van der Waals surface area contributed by atoms with Gasteiger partial charge in [0, 0.05) is 55.2 Å². The first kappa shape index (κ1) is 29.6. The number of imidazole rings is 1. The number of alkyl halides is 3. The normalized spacial score (nSPS) is 17.9. The number of nitrogens with zero attached hydrogens (tertiary/aromatic N) is 8. The molecule has 1 atom stereocenters. The molecular formula is C30H28ClF3N8O3. The third-order valence-electron chi connectivity index (χ3n) is 7.91. The molecule has 2 aliphatic rings. The summed E-state index contributed by atoms with van der Waals surface area (Å²) in [5.41, 5.74) is 2.52. The van der Waals surface area contributed by atoms with E-state index in [4.69, 9.17) is 26.1 Å². The van der Waals surface area contributed by atoms with Gasteiger partial charge >= 0.3 is 12.1 Å². The fraction of sp³-hybridized carbons (Fsp3) is 0.400. The van der Waals surface area contributed by atoms with Crippen molar-refractivity contribution < 1.29 is 27.2 Å². The van der Waals surface area contributed by atoms with E-state index < -0.39 is 12.1 Å². The van der Waals surface area contributed by atoms with Gasteiger partial charge in [0.1, 0.15) is 23.3 Å². The number of rotatable bonds is 9. The Hall–Kier alpha value is -4.14. The summed E-state index contributed by atoms with van der Waals surface area (Å²) in [6.07, 6.45) is 1.64. The molecule has 4 aromatic heterocycles. The molecule has 234 valence electrons. The van der Waals surface area contributed by atoms with Crippen molar-refractivity contribution in [3.8, 4) is 17.3 Å². The van der Waals surface area contributed by atoms with Crippen LogP contribution in [0.4, 0.5) is 13.2 Å². The Kier molecular flexibility index (Phi) is 8.10. The van der Waals surface area contributed by atoms with Gasteiger partial charge in [0.25, 0.3) is 0 Å². The van der Waals surface area contributed by atoms with Gasteiger partial charge in [-0.1, -0.05) is 28.9 Å². The van der Waals surface area contributed by atoms with E-state index in [0.717, 1.165) is 43.7 Å². The zero-order valence-corrected chi connectivity index (χ0v) is 24.7. The second-order valence-corrected chi connectivity index (χ2v) is 11.6. The predicted octanol–water partition coefficient (Wildman–Crippen LogP) is 5.37. The van der Waals surface area contributed by atoms with Crippen LogP contribution in [0.25, 0.3) is 22.6 Å². The highest BCUT2D eigenvalue weighted by Crippen LogP contribution is 2.30. The maximum absolute atomic E-state index is 13.0. The van der Waals surface area contributed by atoms with E-state index in [1.54, 1.807) is 18.3 Å². The average molecular weight is 641 g/mol. The van der Waals surface area contributed by atoms with Gasteiger partial charge in [0.2, 0.25) is 11.7 Å². The van der Waals surface area contributed by atoms with Gasteiger partial charge in [-0.2, -0.15) is 23.1 Å². The lowest BCUT2D eigenvalue weighted by atomic mass is 10.1. The van der Waals surface area contributed by atoms with E-state index in [-0.39, 0.29) is 23.6 Å². The second-order valence-electron chi connectivity index (χ2n) is 11.1. The fourth-order valence-electron chi connectivity index (χ4n) is 5.45. The van der Waals surface area contributed by atoms with Crippen molar-refractivity contribution in [2.45, 2.75) is 57.2 Å². The Morgan fingerprint density at radius 2 is 1.80 bits per heavy atom. The zero-order chi connectivity index (χ0) is 31.0. The van der Waals surface area contributed by atoms with Crippen molar-refractivity contribution in [1.82, 2.24) is 39.5 Å². The van der Waals surface area contributed by atoms with Gasteiger partial charge in [-0.05, 0) is 43.0 Å². The Morgan fingerprint density at radius 1 is 1.00 bits per heavy atom. The molecule has 2 saturated heterocycles. The van der Waals surface area contributed by atoms with E-state index in [2.05, 4.69) is 34.5 Å². The van der Waals surface area contributed by atoms with Crippen LogP contribution in [0, 0.1) is 0 Å². The number of fused-ring (bicyclic) bond motifs is 1. The minimum Gasteiger partial charge on any atom is -0.474 e. The van der Waals surface area contributed by atoms with Crippen LogP contribution in [0.2, 0.25) is 5.02 Å². The molecular weight excluding hydrogens is 613 g/mol. The minimum absolute atomic E-state index is 0.0162. The Balaban J connectivity index is 1.02. The molecule has 0 radical (unpaired) electrons. The van der Waals surface area contributed by atoms with Crippen molar-refractivity contribution in [3.05, 3.63) is 76.9 Å². The van der Waals surface area contributed by atoms with Crippen LogP contribution in [0.1, 0.15) is 42.4 Å². The molecule has 0 bridgehead atoms. The first-order valence-electron chi connectivity index (χ1n) is 14.6. The standard InChI is InChI=1S/C30H28ClF3N8O3/c31-20-3-1-18(2-4-20)13-24-35-9-5-26(38-24)44-21-6-10-41(11-7-21)17-25-37-23-14-19(27-39-29(45-40-27)30(32,33)34)15-36-28(23)42(25)16-22-8-12-43-22/h1-5,9,14-15,21-22H,6-8,10-13,16-17H2. The number of hydrogen-bond donors (Lipinski definition) is 0. The first-order chi connectivity index (χ1) is 21.8. The van der Waals surface area contributed by atoms with Gasteiger partial charge < -0.3 is 18.6 Å². The highest BCUT2D eigenvalue weighted by molar-refractivity contribution is 6.30. The summed E-state index contributed by atoms with van der Waals surface area (Å²) >= 11 is 5.99. The van der Waals surface area contributed by atoms with Crippen molar-refractivity contribution in [1.29, 1.82) is 0 Å². The molecule has 1 unspecified atom stereocenters. The molecule has 2 aliphatic heterocycles. The Morgan fingerprint density at radius 3 is 2.51 bits per heavy atom. The molecule has 11 nitrogen and oxygen atoms in total. The number of piperidine rings is 1. The number of likely N-dealkylation sites (tertiary alicyclic amines) is 1. The summed E-state index contributed by atoms with van der Waals surface area (Å²) in [5.74, 6) is 0.435. The van der Waals surface area contributed by atoms with Crippen LogP contribution in [0.3, 0.4) is 0 Å². The highest BCUT2D eigenvalue weighted by atomic mass is 35.5. The summed E-state index contributed by atoms with van der Waals surface area (Å²) in [4.78, 5) is 24.2. The van der Waals surface area contributed by atoms with E-state index in [1.165, 1.54) is 6.20 Å². The molecule has 45 heavy (non-hydrogen) atoms. The summed E-state index contributed by atoms with van der Waals surface area (Å²) in [6.45, 7) is 3.46. The van der Waals surface area contributed by atoms with E-state index in [0.29, 0.717) is 54.0 Å². The molecule has 0 saturated carbocycles. The van der Waals surface area contributed by atoms with Crippen LogP contribution >= 0.6 is 11.6 Å². The van der Waals surface area contributed by atoms with Gasteiger partial charge in [0.05, 0.1) is 19.2 Å². The predicted molar refractivity (Wildman–Crippen MR) is 155 cm³/mol. The van der Waals surface area contributed by atoms with Crippen molar-refractivity contribution in [2.75, 3.05) is 19.7 Å².